The SMILES string of the molecule is CCC(CC)NS(=O)(=O)c1ccc(C(N)=S)cc1C. The molecule has 1 aromatic rings. The maximum Gasteiger partial charge on any atom is 0.241 e. The largest absolute Gasteiger partial charge is 0.389 e. The first-order valence-electron chi connectivity index (χ1n) is 6.24. The van der Waals surface area contributed by atoms with Crippen LogP contribution < -0.4 is 10.5 Å². The minimum absolute atomic E-state index is 0.0420. The molecule has 4 nitrogen and oxygen atoms in total. The van der Waals surface area contributed by atoms with Crippen LogP contribution >= 0.6 is 12.2 Å². The number of benzene rings is 1. The Morgan fingerprint density at radius 2 is 1.95 bits per heavy atom. The van der Waals surface area contributed by atoms with Crippen LogP contribution in [0.25, 0.3) is 0 Å². The molecule has 0 aliphatic carbocycles. The molecule has 0 saturated carbocycles. The molecule has 0 fully saturated rings. The molecule has 19 heavy (non-hydrogen) atoms. The highest BCUT2D eigenvalue weighted by Gasteiger charge is 2.20. The molecule has 1 aromatic carbocycles. The summed E-state index contributed by atoms with van der Waals surface area (Å²) in [5.41, 5.74) is 6.85. The van der Waals surface area contributed by atoms with Crippen molar-refractivity contribution in [2.75, 3.05) is 0 Å². The predicted molar refractivity (Wildman–Crippen MR) is 81.8 cm³/mol. The van der Waals surface area contributed by atoms with E-state index in [0.717, 1.165) is 12.8 Å². The minimum Gasteiger partial charge on any atom is -0.389 e. The summed E-state index contributed by atoms with van der Waals surface area (Å²) in [6, 6.07) is 4.84. The van der Waals surface area contributed by atoms with Crippen LogP contribution in [-0.2, 0) is 10.0 Å². The van der Waals surface area contributed by atoms with Gasteiger partial charge in [-0.25, -0.2) is 13.1 Å². The van der Waals surface area contributed by atoms with E-state index in [-0.39, 0.29) is 15.9 Å². The number of rotatable bonds is 6. The number of sulfonamides is 1. The van der Waals surface area contributed by atoms with Crippen LogP contribution in [0.1, 0.15) is 37.8 Å². The second kappa shape index (κ2) is 6.45. The Morgan fingerprint density at radius 3 is 2.37 bits per heavy atom. The van der Waals surface area contributed by atoms with Gasteiger partial charge in [0.05, 0.1) is 4.90 Å². The second-order valence-corrected chi connectivity index (χ2v) is 6.60. The zero-order valence-corrected chi connectivity index (χ0v) is 13.1. The molecule has 0 aliphatic rings. The molecule has 0 heterocycles. The molecule has 0 atom stereocenters. The number of hydrogen-bond donors (Lipinski definition) is 2. The third-order valence-electron chi connectivity index (χ3n) is 3.06. The summed E-state index contributed by atoms with van der Waals surface area (Å²) >= 11 is 4.88. The van der Waals surface area contributed by atoms with Gasteiger partial charge in [0, 0.05) is 11.6 Å². The normalized spacial score (nSPS) is 11.8. The lowest BCUT2D eigenvalue weighted by Crippen LogP contribution is -2.34. The third kappa shape index (κ3) is 3.99. The standard InChI is InChI=1S/C13H20N2O2S2/c1-4-11(5-2)15-19(16,17)12-7-6-10(13(14)18)8-9(12)3/h6-8,11,15H,4-5H2,1-3H3,(H2,14,18). The van der Waals surface area contributed by atoms with Gasteiger partial charge < -0.3 is 5.73 Å². The van der Waals surface area contributed by atoms with E-state index in [1.807, 2.05) is 13.8 Å². The van der Waals surface area contributed by atoms with Gasteiger partial charge in [-0.15, -0.1) is 0 Å². The van der Waals surface area contributed by atoms with Crippen LogP contribution in [0.3, 0.4) is 0 Å². The van der Waals surface area contributed by atoms with Crippen molar-refractivity contribution < 1.29 is 8.42 Å². The third-order valence-corrected chi connectivity index (χ3v) is 4.97. The molecule has 106 valence electrons. The molecule has 3 N–H and O–H groups in total. The lowest BCUT2D eigenvalue weighted by Gasteiger charge is -2.16. The molecule has 1 rings (SSSR count). The molecule has 6 heteroatoms. The van der Waals surface area contributed by atoms with Gasteiger partial charge >= 0.3 is 0 Å². The Labute approximate surface area is 120 Å². The number of hydrogen-bond acceptors (Lipinski definition) is 3. The minimum atomic E-state index is -3.49. The summed E-state index contributed by atoms with van der Waals surface area (Å²) < 4.78 is 27.3. The zero-order valence-electron chi connectivity index (χ0n) is 11.4. The van der Waals surface area contributed by atoms with E-state index in [4.69, 9.17) is 18.0 Å². The summed E-state index contributed by atoms with van der Waals surface area (Å²) in [5.74, 6) is 0. The smallest absolute Gasteiger partial charge is 0.241 e. The van der Waals surface area contributed by atoms with Gasteiger partial charge in [-0.3, -0.25) is 0 Å². The van der Waals surface area contributed by atoms with Crippen LogP contribution in [0, 0.1) is 6.92 Å². The molecule has 0 aliphatic heterocycles. The van der Waals surface area contributed by atoms with Crippen molar-refractivity contribution in [3.63, 3.8) is 0 Å². The molecular formula is C13H20N2O2S2. The molecule has 0 aromatic heterocycles. The van der Waals surface area contributed by atoms with Gasteiger partial charge in [0.2, 0.25) is 10.0 Å². The van der Waals surface area contributed by atoms with Crippen LogP contribution in [0.4, 0.5) is 0 Å². The molecule has 0 amide bonds. The average molecular weight is 300 g/mol. The van der Waals surface area contributed by atoms with Crippen LogP contribution in [0.15, 0.2) is 23.1 Å². The van der Waals surface area contributed by atoms with Crippen molar-refractivity contribution in [1.82, 2.24) is 4.72 Å². The fourth-order valence-corrected chi connectivity index (χ4v) is 3.60. The Kier molecular flexibility index (Phi) is 5.46. The van der Waals surface area contributed by atoms with Crippen molar-refractivity contribution >= 4 is 27.2 Å². The Bertz CT molecular complexity index is 564. The highest BCUT2D eigenvalue weighted by Crippen LogP contribution is 2.18. The van der Waals surface area contributed by atoms with E-state index >= 15 is 0 Å². The Hall–Kier alpha value is -0.980. The summed E-state index contributed by atoms with van der Waals surface area (Å²) in [4.78, 5) is 0.541. The van der Waals surface area contributed by atoms with Gasteiger partial charge in [0.15, 0.2) is 0 Å². The van der Waals surface area contributed by atoms with Gasteiger partial charge in [-0.1, -0.05) is 32.1 Å². The van der Waals surface area contributed by atoms with Gasteiger partial charge in [-0.2, -0.15) is 0 Å². The predicted octanol–water partition coefficient (Wildman–Crippen LogP) is 2.10. The summed E-state index contributed by atoms with van der Waals surface area (Å²) in [7, 11) is -3.49. The van der Waals surface area contributed by atoms with E-state index in [0.29, 0.717) is 11.1 Å². The monoisotopic (exact) mass is 300 g/mol. The Morgan fingerprint density at radius 1 is 1.37 bits per heavy atom. The van der Waals surface area contributed by atoms with Crippen LogP contribution in [0.2, 0.25) is 0 Å². The second-order valence-electron chi connectivity index (χ2n) is 4.48. The molecule has 0 saturated heterocycles. The van der Waals surface area contributed by atoms with Crippen molar-refractivity contribution in [2.45, 2.75) is 44.6 Å². The summed E-state index contributed by atoms with van der Waals surface area (Å²) in [5, 5.41) is 0. The first-order valence-corrected chi connectivity index (χ1v) is 8.13. The van der Waals surface area contributed by atoms with Gasteiger partial charge in [-0.05, 0) is 37.5 Å². The molecule has 0 unspecified atom stereocenters. The average Bonchev–Trinajstić information content (AvgIpc) is 2.35. The molecule has 0 bridgehead atoms. The van der Waals surface area contributed by atoms with Crippen LogP contribution in [-0.4, -0.2) is 19.4 Å². The zero-order chi connectivity index (χ0) is 14.6. The van der Waals surface area contributed by atoms with E-state index in [9.17, 15) is 8.42 Å². The highest BCUT2D eigenvalue weighted by atomic mass is 32.2. The number of nitrogens with two attached hydrogens (primary N) is 1. The van der Waals surface area contributed by atoms with Crippen LogP contribution in [0.5, 0.6) is 0 Å². The molecule has 0 spiro atoms. The lowest BCUT2D eigenvalue weighted by molar-refractivity contribution is 0.530. The number of aryl methyl sites for hydroxylation is 1. The quantitative estimate of drug-likeness (QED) is 0.789. The summed E-state index contributed by atoms with van der Waals surface area (Å²) in [6.45, 7) is 5.65. The van der Waals surface area contributed by atoms with E-state index in [1.165, 1.54) is 0 Å². The summed E-state index contributed by atoms with van der Waals surface area (Å²) in [6.07, 6.45) is 1.53. The van der Waals surface area contributed by atoms with Crippen molar-refractivity contribution in [1.29, 1.82) is 0 Å². The van der Waals surface area contributed by atoms with E-state index < -0.39 is 10.0 Å². The topological polar surface area (TPSA) is 72.2 Å². The van der Waals surface area contributed by atoms with E-state index in [1.54, 1.807) is 25.1 Å². The van der Waals surface area contributed by atoms with Crippen molar-refractivity contribution in [3.8, 4) is 0 Å². The van der Waals surface area contributed by atoms with E-state index in [2.05, 4.69) is 4.72 Å². The first kappa shape index (κ1) is 16.1. The maximum atomic E-state index is 12.3. The Balaban J connectivity index is 3.12. The lowest BCUT2D eigenvalue weighted by atomic mass is 10.1. The fourth-order valence-electron chi connectivity index (χ4n) is 1.84. The van der Waals surface area contributed by atoms with Crippen molar-refractivity contribution in [2.24, 2.45) is 5.73 Å². The molecule has 0 radical (unpaired) electrons. The van der Waals surface area contributed by atoms with Crippen molar-refractivity contribution in [3.05, 3.63) is 29.3 Å². The maximum absolute atomic E-state index is 12.3. The highest BCUT2D eigenvalue weighted by molar-refractivity contribution is 7.89. The fraction of sp³-hybridized carbons (Fsp3) is 0.462. The van der Waals surface area contributed by atoms with Gasteiger partial charge in [0.25, 0.3) is 0 Å². The number of thiocarbonyl (C=S) groups is 1. The first-order chi connectivity index (χ1) is 8.81. The van der Waals surface area contributed by atoms with Gasteiger partial charge in [0.1, 0.15) is 4.99 Å². The molecular weight excluding hydrogens is 280 g/mol. The number of nitrogens with one attached hydrogen (secondary N) is 1.